The van der Waals surface area contributed by atoms with Crippen LogP contribution in [0.4, 0.5) is 0 Å². The number of thiophene rings is 1. The van der Waals surface area contributed by atoms with E-state index in [1.54, 1.807) is 11.3 Å². The largest absolute Gasteiger partial charge is 0.379 e. The van der Waals surface area contributed by atoms with Crippen LogP contribution in [0.25, 0.3) is 10.2 Å². The summed E-state index contributed by atoms with van der Waals surface area (Å²) in [6.07, 6.45) is 17.2. The highest BCUT2D eigenvalue weighted by Crippen LogP contribution is 2.25. The van der Waals surface area contributed by atoms with E-state index in [2.05, 4.69) is 25.8 Å². The summed E-state index contributed by atoms with van der Waals surface area (Å²) in [7, 11) is 0. The monoisotopic (exact) mass is 419 g/mol. The van der Waals surface area contributed by atoms with Crippen molar-refractivity contribution in [3.8, 4) is 0 Å². The lowest BCUT2D eigenvalue weighted by molar-refractivity contribution is 0.0554. The molecule has 29 heavy (non-hydrogen) atoms. The molecule has 2 heterocycles. The topological polar surface area (TPSA) is 42.1 Å². The van der Waals surface area contributed by atoms with Gasteiger partial charge in [-0.3, -0.25) is 4.79 Å². The summed E-state index contributed by atoms with van der Waals surface area (Å²) in [5.41, 5.74) is 1.16. The Hall–Kier alpha value is -1.13. The second kappa shape index (κ2) is 14.0. The van der Waals surface area contributed by atoms with Gasteiger partial charge in [0.2, 0.25) is 0 Å². The maximum absolute atomic E-state index is 12.8. The van der Waals surface area contributed by atoms with Crippen LogP contribution in [-0.2, 0) is 4.74 Å². The number of fused-ring (bicyclic) bond motifs is 1. The Bertz CT molecular complexity index is 736. The summed E-state index contributed by atoms with van der Waals surface area (Å²) < 4.78 is 6.01. The van der Waals surface area contributed by atoms with Gasteiger partial charge in [-0.1, -0.05) is 65.2 Å². The zero-order chi connectivity index (χ0) is 20.9. The number of aromatic nitrogens is 1. The quantitative estimate of drug-likeness (QED) is 0.282. The first-order chi connectivity index (χ1) is 14.2. The van der Waals surface area contributed by atoms with Gasteiger partial charge in [0.05, 0.1) is 11.5 Å². The van der Waals surface area contributed by atoms with Crippen LogP contribution in [0.5, 0.6) is 0 Å². The summed E-state index contributed by atoms with van der Waals surface area (Å²) in [4.78, 5) is 17.0. The van der Waals surface area contributed by atoms with E-state index in [9.17, 15) is 4.79 Å². The van der Waals surface area contributed by atoms with Crippen LogP contribution in [0, 0.1) is 0 Å². The van der Waals surface area contributed by atoms with Crippen LogP contribution in [0.1, 0.15) is 109 Å². The molecule has 0 fully saturated rings. The molecule has 0 amide bonds. The number of hydrogen-bond acceptors (Lipinski definition) is 3. The van der Waals surface area contributed by atoms with E-state index in [1.165, 1.54) is 51.4 Å². The van der Waals surface area contributed by atoms with Crippen molar-refractivity contribution in [1.29, 1.82) is 0 Å². The Labute approximate surface area is 181 Å². The first kappa shape index (κ1) is 24.1. The molecule has 0 radical (unpaired) electrons. The minimum absolute atomic E-state index is 0.214. The van der Waals surface area contributed by atoms with Crippen molar-refractivity contribution >= 4 is 21.6 Å². The Balaban J connectivity index is 1.61. The second-order valence-electron chi connectivity index (χ2n) is 8.43. The summed E-state index contributed by atoms with van der Waals surface area (Å²) >= 11 is 1.60. The Morgan fingerprint density at radius 3 is 2.45 bits per heavy atom. The van der Waals surface area contributed by atoms with Gasteiger partial charge >= 0.3 is 0 Å². The number of pyridine rings is 1. The van der Waals surface area contributed by atoms with Crippen molar-refractivity contribution in [3.63, 3.8) is 0 Å². The molecule has 0 aliphatic carbocycles. The van der Waals surface area contributed by atoms with Gasteiger partial charge in [-0.15, -0.1) is 11.3 Å². The average Bonchev–Trinajstić information content (AvgIpc) is 3.20. The second-order valence-corrected chi connectivity index (χ2v) is 9.35. The number of nitrogens with one attached hydrogen (secondary N) is 1. The number of hydrogen-bond donors (Lipinski definition) is 1. The minimum atomic E-state index is 0.214. The van der Waals surface area contributed by atoms with Crippen LogP contribution < -0.4 is 5.43 Å². The molecule has 2 aromatic heterocycles. The number of unbranched alkanes of at least 4 members (excludes halogenated alkanes) is 7. The number of rotatable bonds is 16. The van der Waals surface area contributed by atoms with E-state index >= 15 is 0 Å². The zero-order valence-corrected chi connectivity index (χ0v) is 19.6. The molecule has 0 aromatic carbocycles. The van der Waals surface area contributed by atoms with Crippen molar-refractivity contribution in [3.05, 3.63) is 33.4 Å². The maximum atomic E-state index is 12.8. The molecule has 0 spiro atoms. The van der Waals surface area contributed by atoms with Gasteiger partial charge in [-0.2, -0.15) is 0 Å². The standard InChI is InChI=1S/C25H41NO2S/c1-4-6-7-8-9-10-11-12-17-28-20(3)14-13-15-21(5-2)23-19-26-25-22(24(23)27)16-18-29-25/h16,18-21H,4-15,17H2,1-3H3,(H,26,27). The molecule has 4 heteroatoms. The molecule has 0 aliphatic heterocycles. The van der Waals surface area contributed by atoms with Crippen LogP contribution in [-0.4, -0.2) is 17.7 Å². The lowest BCUT2D eigenvalue weighted by atomic mass is 9.91. The normalized spacial score (nSPS) is 13.8. The summed E-state index contributed by atoms with van der Waals surface area (Å²) in [5, 5.41) is 2.83. The highest BCUT2D eigenvalue weighted by atomic mass is 32.1. The number of H-pyrrole nitrogens is 1. The van der Waals surface area contributed by atoms with Crippen molar-refractivity contribution in [1.82, 2.24) is 4.98 Å². The van der Waals surface area contributed by atoms with E-state index in [0.29, 0.717) is 12.0 Å². The van der Waals surface area contributed by atoms with Gasteiger partial charge < -0.3 is 9.72 Å². The first-order valence-electron chi connectivity index (χ1n) is 11.9. The smallest absolute Gasteiger partial charge is 0.193 e. The van der Waals surface area contributed by atoms with E-state index in [1.807, 2.05) is 17.6 Å². The minimum Gasteiger partial charge on any atom is -0.379 e. The van der Waals surface area contributed by atoms with Gasteiger partial charge in [0.15, 0.2) is 5.43 Å². The Kier molecular flexibility index (Phi) is 11.6. The molecular formula is C25H41NO2S. The third kappa shape index (κ3) is 8.25. The average molecular weight is 420 g/mol. The van der Waals surface area contributed by atoms with E-state index in [0.717, 1.165) is 48.1 Å². The van der Waals surface area contributed by atoms with E-state index in [-0.39, 0.29) is 5.43 Å². The third-order valence-corrected chi connectivity index (χ3v) is 6.87. The predicted molar refractivity (Wildman–Crippen MR) is 127 cm³/mol. The molecule has 0 aliphatic rings. The molecule has 2 aromatic rings. The third-order valence-electron chi connectivity index (χ3n) is 6.03. The van der Waals surface area contributed by atoms with Crippen molar-refractivity contribution in [2.24, 2.45) is 0 Å². The Morgan fingerprint density at radius 1 is 1.00 bits per heavy atom. The molecule has 0 bridgehead atoms. The van der Waals surface area contributed by atoms with Gasteiger partial charge in [-0.05, 0) is 50.0 Å². The van der Waals surface area contributed by atoms with Crippen molar-refractivity contribution in [2.75, 3.05) is 6.61 Å². The number of ether oxygens (including phenoxy) is 1. The van der Waals surface area contributed by atoms with Crippen LogP contribution >= 0.6 is 11.3 Å². The highest BCUT2D eigenvalue weighted by molar-refractivity contribution is 7.16. The SMILES string of the molecule is CCCCCCCCCCOC(C)CCCC(CC)c1c[nH]c2sccc2c1=O. The van der Waals surface area contributed by atoms with E-state index < -0.39 is 0 Å². The fraction of sp³-hybridized carbons (Fsp3) is 0.720. The Morgan fingerprint density at radius 2 is 1.72 bits per heavy atom. The highest BCUT2D eigenvalue weighted by Gasteiger charge is 2.16. The molecular weight excluding hydrogens is 378 g/mol. The number of aromatic amines is 1. The lowest BCUT2D eigenvalue weighted by Crippen LogP contribution is -2.15. The summed E-state index contributed by atoms with van der Waals surface area (Å²) in [6.45, 7) is 7.53. The van der Waals surface area contributed by atoms with Crippen LogP contribution in [0.2, 0.25) is 0 Å². The molecule has 0 saturated heterocycles. The predicted octanol–water partition coefficient (Wildman–Crippen LogP) is 7.80. The maximum Gasteiger partial charge on any atom is 0.193 e. The van der Waals surface area contributed by atoms with E-state index in [4.69, 9.17) is 4.74 Å². The van der Waals surface area contributed by atoms with Gasteiger partial charge in [0.25, 0.3) is 0 Å². The summed E-state index contributed by atoms with van der Waals surface area (Å²) in [6, 6.07) is 1.94. The van der Waals surface area contributed by atoms with Gasteiger partial charge in [0, 0.05) is 18.4 Å². The van der Waals surface area contributed by atoms with Crippen molar-refractivity contribution < 1.29 is 4.74 Å². The summed E-state index contributed by atoms with van der Waals surface area (Å²) in [5.74, 6) is 0.336. The molecule has 2 rings (SSSR count). The van der Waals surface area contributed by atoms with Crippen LogP contribution in [0.3, 0.4) is 0 Å². The molecule has 164 valence electrons. The molecule has 1 N–H and O–H groups in total. The first-order valence-corrected chi connectivity index (χ1v) is 12.8. The molecule has 3 nitrogen and oxygen atoms in total. The van der Waals surface area contributed by atoms with Crippen LogP contribution in [0.15, 0.2) is 22.4 Å². The fourth-order valence-electron chi connectivity index (χ4n) is 4.10. The zero-order valence-electron chi connectivity index (χ0n) is 18.8. The van der Waals surface area contributed by atoms with Crippen molar-refractivity contribution in [2.45, 2.75) is 110 Å². The molecule has 0 saturated carbocycles. The fourth-order valence-corrected chi connectivity index (χ4v) is 4.86. The van der Waals surface area contributed by atoms with Gasteiger partial charge in [-0.25, -0.2) is 0 Å². The lowest BCUT2D eigenvalue weighted by Gasteiger charge is -2.17. The molecule has 2 atom stereocenters. The molecule has 2 unspecified atom stereocenters. The van der Waals surface area contributed by atoms with Gasteiger partial charge in [0.1, 0.15) is 4.83 Å².